The van der Waals surface area contributed by atoms with Crippen molar-refractivity contribution in [3.63, 3.8) is 0 Å². The zero-order valence-electron chi connectivity index (χ0n) is 18.2. The minimum absolute atomic E-state index is 0.0840. The summed E-state index contributed by atoms with van der Waals surface area (Å²) in [5.74, 6) is -0.498. The molecule has 2 atom stereocenters. The second-order valence-electron chi connectivity index (χ2n) is 8.58. The molecule has 0 radical (unpaired) electrons. The number of anilines is 2. The third kappa shape index (κ3) is 5.67. The Hall–Kier alpha value is -2.89. The van der Waals surface area contributed by atoms with Gasteiger partial charge in [-0.15, -0.1) is 0 Å². The molecule has 12 heteroatoms. The average molecular weight is 470 g/mol. The molecule has 3 rings (SSSR count). The van der Waals surface area contributed by atoms with Crippen LogP contribution in [0.3, 0.4) is 0 Å². The van der Waals surface area contributed by atoms with Crippen molar-refractivity contribution in [1.29, 1.82) is 0 Å². The molecule has 1 unspecified atom stereocenters. The first kappa shape index (κ1) is 23.8. The lowest BCUT2D eigenvalue weighted by atomic mass is 10.2. The number of nitrogens with two attached hydrogens (primary N) is 1. The predicted molar refractivity (Wildman–Crippen MR) is 120 cm³/mol. The monoisotopic (exact) mass is 469 g/mol. The molecule has 3 N–H and O–H groups in total. The first-order valence-corrected chi connectivity index (χ1v) is 10.7. The van der Waals surface area contributed by atoms with Crippen LogP contribution in [0.1, 0.15) is 20.8 Å². The topological polar surface area (TPSA) is 117 Å². The SMILES string of the molecule is CC(C)(C)OC(=O)N1CCN(c2ccc(N3C[C@@H](C(S)NC(N)=O)OC3=O)cc2F)CC1. The van der Waals surface area contributed by atoms with E-state index in [2.05, 4.69) is 17.9 Å². The molecule has 0 aromatic heterocycles. The van der Waals surface area contributed by atoms with Gasteiger partial charge >= 0.3 is 18.2 Å². The quantitative estimate of drug-likeness (QED) is 0.459. The Morgan fingerprint density at radius 2 is 1.94 bits per heavy atom. The number of carbonyl (C=O) groups excluding carboxylic acids is 3. The standard InChI is InChI=1S/C20H28FN5O5S/c1-20(2,3)31-18(28)25-8-6-24(7-9-25)14-5-4-12(10-13(14)21)26-11-15(30-19(26)29)16(32)23-17(22)27/h4-5,10,15-16,32H,6-9,11H2,1-3H3,(H3,22,23,27)/t15-,16?/m0/s1. The molecule has 176 valence electrons. The number of hydrogen-bond donors (Lipinski definition) is 3. The largest absolute Gasteiger partial charge is 0.444 e. The Kier molecular flexibility index (Phi) is 6.91. The van der Waals surface area contributed by atoms with Crippen LogP contribution in [0.5, 0.6) is 0 Å². The van der Waals surface area contributed by atoms with Crippen molar-refractivity contribution < 1.29 is 28.2 Å². The van der Waals surface area contributed by atoms with Crippen LogP contribution in [0.15, 0.2) is 18.2 Å². The van der Waals surface area contributed by atoms with E-state index in [1.165, 1.54) is 11.0 Å². The molecule has 32 heavy (non-hydrogen) atoms. The summed E-state index contributed by atoms with van der Waals surface area (Å²) in [5, 5.41) is 1.56. The van der Waals surface area contributed by atoms with E-state index in [1.54, 1.807) is 37.8 Å². The third-order valence-corrected chi connectivity index (χ3v) is 5.45. The fourth-order valence-electron chi connectivity index (χ4n) is 3.48. The van der Waals surface area contributed by atoms with Gasteiger partial charge in [-0.25, -0.2) is 18.8 Å². The first-order valence-electron chi connectivity index (χ1n) is 10.2. The van der Waals surface area contributed by atoms with Gasteiger partial charge in [-0.05, 0) is 39.0 Å². The van der Waals surface area contributed by atoms with Crippen LogP contribution < -0.4 is 20.9 Å². The fourth-order valence-corrected chi connectivity index (χ4v) is 3.76. The summed E-state index contributed by atoms with van der Waals surface area (Å²) in [6, 6.07) is 3.68. The van der Waals surface area contributed by atoms with E-state index in [0.717, 1.165) is 0 Å². The van der Waals surface area contributed by atoms with Crippen molar-refractivity contribution in [3.8, 4) is 0 Å². The van der Waals surface area contributed by atoms with Gasteiger partial charge in [0.15, 0.2) is 6.10 Å². The number of piperazine rings is 1. The van der Waals surface area contributed by atoms with E-state index in [0.29, 0.717) is 37.6 Å². The zero-order chi connectivity index (χ0) is 23.6. The predicted octanol–water partition coefficient (Wildman–Crippen LogP) is 2.13. The summed E-state index contributed by atoms with van der Waals surface area (Å²) in [6.45, 7) is 7.22. The molecule has 0 saturated carbocycles. The number of urea groups is 1. The highest BCUT2D eigenvalue weighted by Gasteiger charge is 2.37. The highest BCUT2D eigenvalue weighted by Crippen LogP contribution is 2.29. The zero-order valence-corrected chi connectivity index (χ0v) is 19.1. The Labute approximate surface area is 191 Å². The number of nitrogens with one attached hydrogen (secondary N) is 1. The summed E-state index contributed by atoms with van der Waals surface area (Å²) in [4.78, 5) is 40.1. The minimum Gasteiger partial charge on any atom is -0.444 e. The summed E-state index contributed by atoms with van der Waals surface area (Å²) in [6.07, 6.45) is -1.79. The van der Waals surface area contributed by atoms with Crippen molar-refractivity contribution in [2.24, 2.45) is 5.73 Å². The van der Waals surface area contributed by atoms with Crippen molar-refractivity contribution >= 4 is 42.2 Å². The van der Waals surface area contributed by atoms with Crippen LogP contribution in [-0.4, -0.2) is 72.9 Å². The molecular formula is C20H28FN5O5S. The molecule has 2 aliphatic rings. The molecule has 1 aromatic rings. The maximum absolute atomic E-state index is 14.9. The molecule has 2 heterocycles. The normalized spacial score (nSPS) is 20.1. The molecule has 0 bridgehead atoms. The van der Waals surface area contributed by atoms with Gasteiger partial charge in [0.1, 0.15) is 16.8 Å². The molecule has 4 amide bonds. The number of thiol groups is 1. The van der Waals surface area contributed by atoms with E-state index in [9.17, 15) is 18.8 Å². The Balaban J connectivity index is 1.62. The van der Waals surface area contributed by atoms with Gasteiger partial charge in [-0.3, -0.25) is 4.90 Å². The number of hydrogen-bond acceptors (Lipinski definition) is 7. The van der Waals surface area contributed by atoms with Crippen molar-refractivity contribution in [3.05, 3.63) is 24.0 Å². The second kappa shape index (κ2) is 9.31. The maximum Gasteiger partial charge on any atom is 0.414 e. The van der Waals surface area contributed by atoms with Crippen molar-refractivity contribution in [2.45, 2.75) is 37.9 Å². The van der Waals surface area contributed by atoms with Gasteiger partial charge in [0.2, 0.25) is 0 Å². The molecule has 2 fully saturated rings. The lowest BCUT2D eigenvalue weighted by Crippen LogP contribution is -2.50. The van der Waals surface area contributed by atoms with Crippen LogP contribution >= 0.6 is 12.6 Å². The number of benzene rings is 1. The number of rotatable bonds is 4. The van der Waals surface area contributed by atoms with E-state index in [1.807, 2.05) is 4.90 Å². The number of nitrogens with zero attached hydrogens (tertiary/aromatic N) is 3. The number of primary amides is 1. The maximum atomic E-state index is 14.9. The molecular weight excluding hydrogens is 441 g/mol. The molecule has 0 spiro atoms. The van der Waals surface area contributed by atoms with E-state index in [4.69, 9.17) is 15.2 Å². The average Bonchev–Trinajstić information content (AvgIpc) is 3.08. The summed E-state index contributed by atoms with van der Waals surface area (Å²) < 4.78 is 25.5. The Morgan fingerprint density at radius 3 is 2.50 bits per heavy atom. The summed E-state index contributed by atoms with van der Waals surface area (Å²) >= 11 is 4.17. The highest BCUT2D eigenvalue weighted by atomic mass is 32.1. The smallest absolute Gasteiger partial charge is 0.414 e. The van der Waals surface area contributed by atoms with E-state index < -0.39 is 35.0 Å². The first-order chi connectivity index (χ1) is 14.9. The number of carbonyl (C=O) groups is 3. The van der Waals surface area contributed by atoms with Crippen molar-refractivity contribution in [2.75, 3.05) is 42.5 Å². The Morgan fingerprint density at radius 1 is 1.28 bits per heavy atom. The third-order valence-electron chi connectivity index (χ3n) is 4.99. The van der Waals surface area contributed by atoms with E-state index in [-0.39, 0.29) is 12.6 Å². The van der Waals surface area contributed by atoms with Crippen LogP contribution in [0.2, 0.25) is 0 Å². The molecule has 2 aliphatic heterocycles. The summed E-state index contributed by atoms with van der Waals surface area (Å²) in [5.41, 5.74) is 5.19. The molecule has 10 nitrogen and oxygen atoms in total. The van der Waals surface area contributed by atoms with Crippen molar-refractivity contribution in [1.82, 2.24) is 10.2 Å². The number of amides is 4. The van der Waals surface area contributed by atoms with Gasteiger partial charge in [0.25, 0.3) is 0 Å². The van der Waals surface area contributed by atoms with E-state index >= 15 is 0 Å². The number of ether oxygens (including phenoxy) is 2. The summed E-state index contributed by atoms with van der Waals surface area (Å²) in [7, 11) is 0. The van der Waals surface area contributed by atoms with Crippen LogP contribution in [0, 0.1) is 5.82 Å². The van der Waals surface area contributed by atoms with Gasteiger partial charge in [0.05, 0.1) is 17.9 Å². The Bertz CT molecular complexity index is 888. The molecule has 0 aliphatic carbocycles. The second-order valence-corrected chi connectivity index (χ2v) is 9.13. The lowest BCUT2D eigenvalue weighted by Gasteiger charge is -2.37. The number of cyclic esters (lactones) is 1. The molecule has 2 saturated heterocycles. The highest BCUT2D eigenvalue weighted by molar-refractivity contribution is 7.81. The van der Waals surface area contributed by atoms with Gasteiger partial charge in [0, 0.05) is 26.2 Å². The van der Waals surface area contributed by atoms with Gasteiger partial charge in [-0.1, -0.05) is 0 Å². The number of halogens is 1. The van der Waals surface area contributed by atoms with Gasteiger partial charge < -0.3 is 30.3 Å². The minimum atomic E-state index is -0.790. The van der Waals surface area contributed by atoms with Crippen LogP contribution in [0.25, 0.3) is 0 Å². The van der Waals surface area contributed by atoms with Crippen LogP contribution in [0.4, 0.5) is 30.1 Å². The van der Waals surface area contributed by atoms with Crippen LogP contribution in [-0.2, 0) is 9.47 Å². The molecule has 1 aromatic carbocycles. The van der Waals surface area contributed by atoms with Gasteiger partial charge in [-0.2, -0.15) is 12.6 Å². The lowest BCUT2D eigenvalue weighted by molar-refractivity contribution is 0.0240. The fraction of sp³-hybridized carbons (Fsp3) is 0.550.